The minimum atomic E-state index is -0.482. The number of carbonyl (C=O) groups excluding carboxylic acids is 1. The van der Waals surface area contributed by atoms with Crippen LogP contribution < -0.4 is 20.1 Å². The largest absolute Gasteiger partial charge is 0.493 e. The average Bonchev–Trinajstić information content (AvgIpc) is 2.85. The van der Waals surface area contributed by atoms with Gasteiger partial charge in [-0.05, 0) is 50.1 Å². The second-order valence-electron chi connectivity index (χ2n) is 8.49. The van der Waals surface area contributed by atoms with Gasteiger partial charge in [-0.1, -0.05) is 11.6 Å². The van der Waals surface area contributed by atoms with Crippen LogP contribution in [0.5, 0.6) is 11.5 Å². The first-order valence-electron chi connectivity index (χ1n) is 11.6. The first-order valence-corrected chi connectivity index (χ1v) is 12.0. The van der Waals surface area contributed by atoms with E-state index in [1.807, 2.05) is 12.1 Å². The fraction of sp³-hybridized carbons (Fsp3) is 0.400. The molecule has 186 valence electrons. The number of hydrogen-bond donors (Lipinski definition) is 2. The molecule has 1 saturated heterocycles. The van der Waals surface area contributed by atoms with Crippen LogP contribution in [0.4, 0.5) is 15.9 Å². The van der Waals surface area contributed by atoms with Gasteiger partial charge in [0.05, 0.1) is 17.6 Å². The number of likely N-dealkylation sites (tertiary alicyclic amines) is 1. The molecule has 1 aromatic heterocycles. The zero-order valence-corrected chi connectivity index (χ0v) is 20.6. The summed E-state index contributed by atoms with van der Waals surface area (Å²) in [7, 11) is 1.60. The number of hydrogen-bond acceptors (Lipinski definition) is 7. The first-order chi connectivity index (χ1) is 16.9. The van der Waals surface area contributed by atoms with Crippen molar-refractivity contribution in [3.05, 3.63) is 47.5 Å². The number of nitrogens with one attached hydrogen (secondary N) is 2. The predicted octanol–water partition coefficient (Wildman–Crippen LogP) is 4.54. The zero-order chi connectivity index (χ0) is 24.8. The minimum Gasteiger partial charge on any atom is -0.493 e. The van der Waals surface area contributed by atoms with Crippen LogP contribution >= 0.6 is 11.6 Å². The Kier molecular flexibility index (Phi) is 8.20. The van der Waals surface area contributed by atoms with Crippen LogP contribution in [0.3, 0.4) is 0 Å². The highest BCUT2D eigenvalue weighted by molar-refractivity contribution is 6.31. The van der Waals surface area contributed by atoms with Crippen LogP contribution in [-0.4, -0.2) is 60.2 Å². The summed E-state index contributed by atoms with van der Waals surface area (Å²) in [6.45, 7) is 5.05. The molecular weight excluding hydrogens is 473 g/mol. The van der Waals surface area contributed by atoms with Crippen LogP contribution in [0, 0.1) is 5.82 Å². The lowest BCUT2D eigenvalue weighted by Crippen LogP contribution is -2.39. The second kappa shape index (κ2) is 11.5. The molecule has 1 amide bonds. The lowest BCUT2D eigenvalue weighted by Gasteiger charge is -2.32. The van der Waals surface area contributed by atoms with Crippen molar-refractivity contribution in [2.24, 2.45) is 0 Å². The van der Waals surface area contributed by atoms with Gasteiger partial charge < -0.3 is 25.0 Å². The number of amides is 1. The van der Waals surface area contributed by atoms with E-state index in [1.54, 1.807) is 13.2 Å². The molecule has 35 heavy (non-hydrogen) atoms. The van der Waals surface area contributed by atoms with E-state index in [0.717, 1.165) is 44.3 Å². The average molecular weight is 502 g/mol. The number of ether oxygens (including phenoxy) is 2. The van der Waals surface area contributed by atoms with Gasteiger partial charge in [-0.25, -0.2) is 14.4 Å². The number of aromatic nitrogens is 2. The molecule has 1 aliphatic rings. The molecule has 0 unspecified atom stereocenters. The fourth-order valence-electron chi connectivity index (χ4n) is 4.12. The Bertz CT molecular complexity index is 1190. The maximum absolute atomic E-state index is 13.5. The van der Waals surface area contributed by atoms with Crippen LogP contribution in [0.15, 0.2) is 36.7 Å². The lowest BCUT2D eigenvalue weighted by atomic mass is 10.1. The quantitative estimate of drug-likeness (QED) is 0.416. The van der Waals surface area contributed by atoms with Gasteiger partial charge >= 0.3 is 0 Å². The van der Waals surface area contributed by atoms with Gasteiger partial charge in [-0.2, -0.15) is 0 Å². The van der Waals surface area contributed by atoms with E-state index in [4.69, 9.17) is 21.1 Å². The molecule has 2 heterocycles. The number of carbonyl (C=O) groups is 1. The van der Waals surface area contributed by atoms with Crippen LogP contribution in [0.2, 0.25) is 5.02 Å². The number of fused-ring (bicyclic) bond motifs is 1. The molecule has 0 saturated carbocycles. The highest BCUT2D eigenvalue weighted by atomic mass is 35.5. The zero-order valence-electron chi connectivity index (χ0n) is 19.8. The predicted molar refractivity (Wildman–Crippen MR) is 134 cm³/mol. The van der Waals surface area contributed by atoms with Crippen molar-refractivity contribution in [3.8, 4) is 11.5 Å². The summed E-state index contributed by atoms with van der Waals surface area (Å²) >= 11 is 5.93. The topological polar surface area (TPSA) is 88.6 Å². The molecule has 0 bridgehead atoms. The summed E-state index contributed by atoms with van der Waals surface area (Å²) in [6.07, 6.45) is 4.23. The van der Waals surface area contributed by atoms with Crippen LogP contribution in [0.25, 0.3) is 10.9 Å². The molecule has 0 spiro atoms. The Morgan fingerprint density at radius 3 is 2.71 bits per heavy atom. The molecule has 3 aromatic rings. The Hall–Kier alpha value is -3.17. The lowest BCUT2D eigenvalue weighted by molar-refractivity contribution is -0.118. The third-order valence-electron chi connectivity index (χ3n) is 5.96. The number of halogens is 2. The summed E-state index contributed by atoms with van der Waals surface area (Å²) in [5, 5.41) is 6.80. The van der Waals surface area contributed by atoms with E-state index in [2.05, 4.69) is 25.5 Å². The number of anilines is 2. The van der Waals surface area contributed by atoms with E-state index in [9.17, 15) is 9.18 Å². The van der Waals surface area contributed by atoms with E-state index >= 15 is 0 Å². The normalized spacial score (nSPS) is 14.6. The number of rotatable bonds is 9. The molecule has 2 aromatic carbocycles. The van der Waals surface area contributed by atoms with E-state index < -0.39 is 5.82 Å². The van der Waals surface area contributed by atoms with Crippen LogP contribution in [-0.2, 0) is 4.79 Å². The maximum Gasteiger partial charge on any atom is 0.216 e. The molecule has 8 nitrogen and oxygen atoms in total. The third-order valence-corrected chi connectivity index (χ3v) is 6.25. The maximum atomic E-state index is 13.5. The van der Waals surface area contributed by atoms with Gasteiger partial charge in [0, 0.05) is 43.7 Å². The summed E-state index contributed by atoms with van der Waals surface area (Å²) in [5.41, 5.74) is 1.30. The Morgan fingerprint density at radius 1 is 1.20 bits per heavy atom. The van der Waals surface area contributed by atoms with Crippen molar-refractivity contribution in [1.29, 1.82) is 0 Å². The summed E-state index contributed by atoms with van der Waals surface area (Å²) < 4.78 is 25.5. The number of benzene rings is 2. The summed E-state index contributed by atoms with van der Waals surface area (Å²) in [6, 6.07) is 8.11. The van der Waals surface area contributed by atoms with Crippen molar-refractivity contribution < 1.29 is 18.7 Å². The van der Waals surface area contributed by atoms with Crippen molar-refractivity contribution in [2.75, 3.05) is 38.6 Å². The van der Waals surface area contributed by atoms with Gasteiger partial charge in [-0.15, -0.1) is 0 Å². The standard InChI is InChI=1S/C25H29ClFN5O3/c1-16(33)28-8-3-9-32-10-6-18(7-11-32)35-24-13-19-22(14-23(24)34-2)29-15-30-25(19)31-17-4-5-21(27)20(26)12-17/h4-5,12-15,18H,3,6-11H2,1-2H3,(H,28,33)(H,29,30,31). The summed E-state index contributed by atoms with van der Waals surface area (Å²) in [4.78, 5) is 22.1. The van der Waals surface area contributed by atoms with E-state index in [-0.39, 0.29) is 17.0 Å². The highest BCUT2D eigenvalue weighted by Gasteiger charge is 2.22. The van der Waals surface area contributed by atoms with Crippen molar-refractivity contribution >= 4 is 39.9 Å². The molecule has 0 aliphatic carbocycles. The SMILES string of the molecule is COc1cc2ncnc(Nc3ccc(F)c(Cl)c3)c2cc1OC1CCN(CCCNC(C)=O)CC1. The van der Waals surface area contributed by atoms with Gasteiger partial charge in [0.1, 0.15) is 24.1 Å². The Labute approximate surface area is 208 Å². The third kappa shape index (κ3) is 6.49. The molecule has 4 rings (SSSR count). The van der Waals surface area contributed by atoms with Gasteiger partial charge in [0.25, 0.3) is 0 Å². The van der Waals surface area contributed by atoms with E-state index in [1.165, 1.54) is 25.4 Å². The Balaban J connectivity index is 1.45. The van der Waals surface area contributed by atoms with E-state index in [0.29, 0.717) is 35.1 Å². The molecular formula is C25H29ClFN5O3. The van der Waals surface area contributed by atoms with Crippen molar-refractivity contribution in [2.45, 2.75) is 32.3 Å². The van der Waals surface area contributed by atoms with Crippen LogP contribution in [0.1, 0.15) is 26.2 Å². The molecule has 0 atom stereocenters. The van der Waals surface area contributed by atoms with Crippen molar-refractivity contribution in [3.63, 3.8) is 0 Å². The number of nitrogens with zero attached hydrogens (tertiary/aromatic N) is 3. The number of piperidine rings is 1. The molecule has 0 radical (unpaired) electrons. The minimum absolute atomic E-state index is 0.00617. The molecule has 10 heteroatoms. The molecule has 1 fully saturated rings. The van der Waals surface area contributed by atoms with Gasteiger partial charge in [0.15, 0.2) is 11.5 Å². The molecule has 2 N–H and O–H groups in total. The number of methoxy groups -OCH3 is 1. The highest BCUT2D eigenvalue weighted by Crippen LogP contribution is 2.36. The van der Waals surface area contributed by atoms with Gasteiger partial charge in [-0.3, -0.25) is 4.79 Å². The summed E-state index contributed by atoms with van der Waals surface area (Å²) in [5.74, 6) is 1.30. The first kappa shape index (κ1) is 24.9. The monoisotopic (exact) mass is 501 g/mol. The Morgan fingerprint density at radius 2 is 2.00 bits per heavy atom. The van der Waals surface area contributed by atoms with Crippen molar-refractivity contribution in [1.82, 2.24) is 20.2 Å². The van der Waals surface area contributed by atoms with Gasteiger partial charge in [0.2, 0.25) is 5.91 Å². The fourth-order valence-corrected chi connectivity index (χ4v) is 4.30. The molecule has 1 aliphatic heterocycles. The second-order valence-corrected chi connectivity index (χ2v) is 8.90. The smallest absolute Gasteiger partial charge is 0.216 e.